The summed E-state index contributed by atoms with van der Waals surface area (Å²) in [6, 6.07) is 1.89. The number of piperidine rings is 1. The molecule has 0 saturated carbocycles. The first-order valence-corrected chi connectivity index (χ1v) is 5.99. The molecule has 0 atom stereocenters. The largest absolute Gasteiger partial charge is 0.466 e. The van der Waals surface area contributed by atoms with Crippen molar-refractivity contribution in [2.75, 3.05) is 24.6 Å². The lowest BCUT2D eigenvalue weighted by atomic mass is 9.97. The average Bonchev–Trinajstić information content (AvgIpc) is 2.40. The Morgan fingerprint density at radius 2 is 2.29 bits per heavy atom. The maximum absolute atomic E-state index is 11.6. The molecule has 0 aromatic carbocycles. The van der Waals surface area contributed by atoms with Gasteiger partial charge in [-0.3, -0.25) is 4.79 Å². The van der Waals surface area contributed by atoms with Crippen molar-refractivity contribution in [2.45, 2.75) is 19.8 Å². The maximum Gasteiger partial charge on any atom is 0.309 e. The Bertz CT molecular complexity index is 361. The van der Waals surface area contributed by atoms with Crippen LogP contribution in [0.3, 0.4) is 0 Å². The van der Waals surface area contributed by atoms with E-state index < -0.39 is 0 Å². The molecule has 17 heavy (non-hydrogen) atoms. The number of nitrogens with zero attached hydrogens (tertiary/aromatic N) is 3. The highest BCUT2D eigenvalue weighted by molar-refractivity contribution is 5.72. The van der Waals surface area contributed by atoms with Crippen LogP contribution in [0.5, 0.6) is 0 Å². The second-order valence-corrected chi connectivity index (χ2v) is 4.08. The number of esters is 1. The van der Waals surface area contributed by atoms with Gasteiger partial charge in [-0.05, 0) is 25.8 Å². The van der Waals surface area contributed by atoms with Gasteiger partial charge in [0.15, 0.2) is 0 Å². The molecule has 0 aliphatic carbocycles. The Labute approximate surface area is 101 Å². The smallest absolute Gasteiger partial charge is 0.309 e. The molecule has 1 aliphatic rings. The van der Waals surface area contributed by atoms with Gasteiger partial charge in [0, 0.05) is 19.3 Å². The zero-order chi connectivity index (χ0) is 12.1. The van der Waals surface area contributed by atoms with Crippen molar-refractivity contribution < 1.29 is 9.53 Å². The van der Waals surface area contributed by atoms with Gasteiger partial charge in [-0.2, -0.15) is 0 Å². The summed E-state index contributed by atoms with van der Waals surface area (Å²) in [5.41, 5.74) is 0. The van der Waals surface area contributed by atoms with Crippen LogP contribution in [0.4, 0.5) is 5.82 Å². The van der Waals surface area contributed by atoms with E-state index in [9.17, 15) is 4.79 Å². The normalized spacial score (nSPS) is 16.9. The molecule has 0 spiro atoms. The Kier molecular flexibility index (Phi) is 3.90. The van der Waals surface area contributed by atoms with Crippen molar-refractivity contribution >= 4 is 11.8 Å². The number of ether oxygens (including phenoxy) is 1. The third-order valence-electron chi connectivity index (χ3n) is 3.01. The van der Waals surface area contributed by atoms with E-state index in [0.29, 0.717) is 6.61 Å². The van der Waals surface area contributed by atoms with Crippen molar-refractivity contribution in [3.63, 3.8) is 0 Å². The molecule has 1 aromatic heterocycles. The fourth-order valence-corrected chi connectivity index (χ4v) is 2.08. The molecule has 2 rings (SSSR count). The first-order chi connectivity index (χ1) is 8.31. The molecule has 1 aromatic rings. The van der Waals surface area contributed by atoms with Gasteiger partial charge < -0.3 is 9.64 Å². The summed E-state index contributed by atoms with van der Waals surface area (Å²) < 4.78 is 5.04. The molecule has 0 amide bonds. The number of hydrogen-bond donors (Lipinski definition) is 0. The minimum atomic E-state index is -0.0603. The van der Waals surface area contributed by atoms with Gasteiger partial charge in [-0.15, -0.1) is 0 Å². The van der Waals surface area contributed by atoms with E-state index in [4.69, 9.17) is 4.74 Å². The molecule has 5 heteroatoms. The first-order valence-electron chi connectivity index (χ1n) is 5.99. The van der Waals surface area contributed by atoms with Crippen molar-refractivity contribution in [3.05, 3.63) is 18.6 Å². The van der Waals surface area contributed by atoms with Gasteiger partial charge in [-0.1, -0.05) is 0 Å². The van der Waals surface area contributed by atoms with E-state index in [1.165, 1.54) is 0 Å². The quantitative estimate of drug-likeness (QED) is 0.738. The number of hydrogen-bond acceptors (Lipinski definition) is 5. The second-order valence-electron chi connectivity index (χ2n) is 4.08. The fourth-order valence-electron chi connectivity index (χ4n) is 2.08. The highest BCUT2D eigenvalue weighted by Crippen LogP contribution is 2.22. The Hall–Kier alpha value is -1.65. The lowest BCUT2D eigenvalue weighted by Crippen LogP contribution is -2.37. The predicted octanol–water partition coefficient (Wildman–Crippen LogP) is 1.26. The van der Waals surface area contributed by atoms with Crippen LogP contribution in [-0.2, 0) is 9.53 Å². The highest BCUT2D eigenvalue weighted by Gasteiger charge is 2.26. The van der Waals surface area contributed by atoms with E-state index in [0.717, 1.165) is 31.7 Å². The van der Waals surface area contributed by atoms with E-state index in [1.807, 2.05) is 13.0 Å². The number of carbonyl (C=O) groups excluding carboxylic acids is 1. The average molecular weight is 235 g/mol. The van der Waals surface area contributed by atoms with Crippen molar-refractivity contribution in [1.29, 1.82) is 0 Å². The summed E-state index contributed by atoms with van der Waals surface area (Å²) in [4.78, 5) is 21.9. The zero-order valence-electron chi connectivity index (χ0n) is 10.0. The van der Waals surface area contributed by atoms with Gasteiger partial charge in [0.05, 0.1) is 12.5 Å². The summed E-state index contributed by atoms with van der Waals surface area (Å²) in [7, 11) is 0. The number of carbonyl (C=O) groups is 1. The highest BCUT2D eigenvalue weighted by atomic mass is 16.5. The van der Waals surface area contributed by atoms with E-state index in [2.05, 4.69) is 14.9 Å². The van der Waals surface area contributed by atoms with Crippen LogP contribution < -0.4 is 4.90 Å². The zero-order valence-corrected chi connectivity index (χ0v) is 10.0. The SMILES string of the molecule is CCOC(=O)C1CCN(c2ccncn2)CC1. The summed E-state index contributed by atoms with van der Waals surface area (Å²) in [5, 5.41) is 0. The van der Waals surface area contributed by atoms with Crippen molar-refractivity contribution in [3.8, 4) is 0 Å². The standard InChI is InChI=1S/C12H17N3O2/c1-2-17-12(16)10-4-7-15(8-5-10)11-3-6-13-9-14-11/h3,6,9-10H,2,4-5,7-8H2,1H3. The molecule has 0 N–H and O–H groups in total. The minimum Gasteiger partial charge on any atom is -0.466 e. The lowest BCUT2D eigenvalue weighted by molar-refractivity contribution is -0.148. The predicted molar refractivity (Wildman–Crippen MR) is 63.6 cm³/mol. The number of anilines is 1. The molecule has 92 valence electrons. The molecule has 1 saturated heterocycles. The molecular formula is C12H17N3O2. The maximum atomic E-state index is 11.6. The summed E-state index contributed by atoms with van der Waals surface area (Å²) in [6.45, 7) is 4.00. The molecule has 5 nitrogen and oxygen atoms in total. The van der Waals surface area contributed by atoms with Gasteiger partial charge in [-0.25, -0.2) is 9.97 Å². The van der Waals surface area contributed by atoms with Crippen LogP contribution in [0, 0.1) is 5.92 Å². The van der Waals surface area contributed by atoms with Crippen LogP contribution in [0.2, 0.25) is 0 Å². The van der Waals surface area contributed by atoms with Crippen molar-refractivity contribution in [1.82, 2.24) is 9.97 Å². The number of aromatic nitrogens is 2. The van der Waals surface area contributed by atoms with Gasteiger partial charge in [0.25, 0.3) is 0 Å². The molecule has 0 unspecified atom stereocenters. The fraction of sp³-hybridized carbons (Fsp3) is 0.583. The van der Waals surface area contributed by atoms with Crippen LogP contribution >= 0.6 is 0 Å². The molecule has 0 bridgehead atoms. The van der Waals surface area contributed by atoms with Crippen molar-refractivity contribution in [2.24, 2.45) is 5.92 Å². The molecule has 1 fully saturated rings. The van der Waals surface area contributed by atoms with Gasteiger partial charge in [0.1, 0.15) is 12.1 Å². The summed E-state index contributed by atoms with van der Waals surface area (Å²) in [6.07, 6.45) is 4.96. The summed E-state index contributed by atoms with van der Waals surface area (Å²) >= 11 is 0. The molecule has 2 heterocycles. The van der Waals surface area contributed by atoms with Crippen LogP contribution in [0.15, 0.2) is 18.6 Å². The van der Waals surface area contributed by atoms with Gasteiger partial charge in [0.2, 0.25) is 0 Å². The topological polar surface area (TPSA) is 55.3 Å². The number of rotatable bonds is 3. The van der Waals surface area contributed by atoms with E-state index >= 15 is 0 Å². The third-order valence-corrected chi connectivity index (χ3v) is 3.01. The van der Waals surface area contributed by atoms with Crippen LogP contribution in [-0.4, -0.2) is 35.6 Å². The van der Waals surface area contributed by atoms with Gasteiger partial charge >= 0.3 is 5.97 Å². The third kappa shape index (κ3) is 2.93. The lowest BCUT2D eigenvalue weighted by Gasteiger charge is -2.31. The monoisotopic (exact) mass is 235 g/mol. The Morgan fingerprint density at radius 1 is 1.53 bits per heavy atom. The van der Waals surface area contributed by atoms with Crippen LogP contribution in [0.25, 0.3) is 0 Å². The molecule has 0 radical (unpaired) electrons. The minimum absolute atomic E-state index is 0.0491. The van der Waals surface area contributed by atoms with Crippen LogP contribution in [0.1, 0.15) is 19.8 Å². The molecular weight excluding hydrogens is 218 g/mol. The van der Waals surface area contributed by atoms with E-state index in [1.54, 1.807) is 12.5 Å². The summed E-state index contributed by atoms with van der Waals surface area (Å²) in [5.74, 6) is 0.921. The Morgan fingerprint density at radius 3 is 2.88 bits per heavy atom. The first kappa shape index (κ1) is 11.8. The molecule has 1 aliphatic heterocycles. The Balaban J connectivity index is 1.88. The van der Waals surface area contributed by atoms with E-state index in [-0.39, 0.29) is 11.9 Å². The second kappa shape index (κ2) is 5.61.